The standard InChI is InChI=1S/C27H29N3O2S.ClH/c1-19-11-16-24-25(20(19)2)28-27(33-24)30(18-8-17-29(3)4)26(31)21-12-14-23(15-13-21)32-22-9-6-5-7-10-22;/h5-7,9-16H,8,17-18H2,1-4H3;1H. The number of nitrogens with zero attached hydrogens (tertiary/aromatic N) is 3. The van der Waals surface area contributed by atoms with Crippen molar-refractivity contribution >= 4 is 45.0 Å². The molecule has 4 aromatic rings. The number of thiazole rings is 1. The molecule has 3 aromatic carbocycles. The van der Waals surface area contributed by atoms with E-state index in [4.69, 9.17) is 9.72 Å². The largest absolute Gasteiger partial charge is 0.457 e. The van der Waals surface area contributed by atoms with Gasteiger partial charge in [-0.2, -0.15) is 0 Å². The number of rotatable bonds is 8. The zero-order valence-corrected chi connectivity index (χ0v) is 21.6. The Labute approximate surface area is 211 Å². The van der Waals surface area contributed by atoms with Crippen LogP contribution in [0.15, 0.2) is 66.7 Å². The molecule has 0 radical (unpaired) electrons. The molecule has 1 aromatic heterocycles. The second kappa shape index (κ2) is 11.5. The fourth-order valence-corrected chi connectivity index (χ4v) is 4.65. The Balaban J connectivity index is 0.00000324. The lowest BCUT2D eigenvalue weighted by Gasteiger charge is -2.21. The molecule has 1 heterocycles. The van der Waals surface area contributed by atoms with Gasteiger partial charge in [-0.15, -0.1) is 12.4 Å². The molecule has 0 aliphatic carbocycles. The van der Waals surface area contributed by atoms with E-state index in [-0.39, 0.29) is 18.3 Å². The molecule has 0 saturated heterocycles. The molecule has 7 heteroatoms. The van der Waals surface area contributed by atoms with E-state index < -0.39 is 0 Å². The first-order valence-electron chi connectivity index (χ1n) is 11.1. The predicted molar refractivity (Wildman–Crippen MR) is 144 cm³/mol. The maximum atomic E-state index is 13.6. The van der Waals surface area contributed by atoms with Gasteiger partial charge in [0.25, 0.3) is 5.91 Å². The number of amides is 1. The molecule has 0 saturated carbocycles. The first kappa shape index (κ1) is 25.7. The van der Waals surface area contributed by atoms with Crippen molar-refractivity contribution in [2.75, 3.05) is 32.1 Å². The molecule has 1 amide bonds. The number of carbonyl (C=O) groups is 1. The highest BCUT2D eigenvalue weighted by atomic mass is 35.5. The van der Waals surface area contributed by atoms with Crippen LogP contribution in [0.5, 0.6) is 11.5 Å². The highest BCUT2D eigenvalue weighted by Gasteiger charge is 2.22. The van der Waals surface area contributed by atoms with E-state index in [1.807, 2.05) is 73.6 Å². The monoisotopic (exact) mass is 495 g/mol. The molecule has 0 bridgehead atoms. The summed E-state index contributed by atoms with van der Waals surface area (Å²) in [7, 11) is 4.09. The predicted octanol–water partition coefficient (Wildman–Crippen LogP) is 6.73. The van der Waals surface area contributed by atoms with E-state index >= 15 is 0 Å². The number of hydrogen-bond acceptors (Lipinski definition) is 5. The first-order valence-corrected chi connectivity index (χ1v) is 11.9. The number of para-hydroxylation sites is 1. The summed E-state index contributed by atoms with van der Waals surface area (Å²) in [6, 6.07) is 21.1. The molecular formula is C27H30ClN3O2S. The Bertz CT molecular complexity index is 1240. The lowest BCUT2D eigenvalue weighted by atomic mass is 10.1. The van der Waals surface area contributed by atoms with E-state index in [2.05, 4.69) is 30.9 Å². The van der Waals surface area contributed by atoms with Crippen LogP contribution in [0.4, 0.5) is 5.13 Å². The van der Waals surface area contributed by atoms with Crippen molar-refractivity contribution in [1.82, 2.24) is 9.88 Å². The average Bonchev–Trinajstić information content (AvgIpc) is 3.24. The van der Waals surface area contributed by atoms with Crippen LogP contribution in [0.25, 0.3) is 10.2 Å². The lowest BCUT2D eigenvalue weighted by molar-refractivity contribution is 0.0986. The molecule has 178 valence electrons. The van der Waals surface area contributed by atoms with Crippen LogP contribution in [-0.4, -0.2) is 43.0 Å². The Hall–Kier alpha value is -2.93. The molecule has 0 aliphatic heterocycles. The summed E-state index contributed by atoms with van der Waals surface area (Å²) in [4.78, 5) is 22.4. The molecule has 4 rings (SSSR count). The van der Waals surface area contributed by atoms with Crippen LogP contribution in [0.2, 0.25) is 0 Å². The van der Waals surface area contributed by atoms with Crippen molar-refractivity contribution in [3.05, 3.63) is 83.4 Å². The van der Waals surface area contributed by atoms with Crippen LogP contribution >= 0.6 is 23.7 Å². The number of anilines is 1. The minimum absolute atomic E-state index is 0. The van der Waals surface area contributed by atoms with Crippen LogP contribution < -0.4 is 9.64 Å². The van der Waals surface area contributed by atoms with E-state index in [1.165, 1.54) is 5.56 Å². The normalized spacial score (nSPS) is 10.9. The summed E-state index contributed by atoms with van der Waals surface area (Å²) in [5.41, 5.74) is 3.97. The van der Waals surface area contributed by atoms with E-state index in [0.29, 0.717) is 17.9 Å². The number of aryl methyl sites for hydroxylation is 2. The second-order valence-electron chi connectivity index (χ2n) is 8.40. The minimum Gasteiger partial charge on any atom is -0.457 e. The third-order valence-corrected chi connectivity index (χ3v) is 6.66. The molecule has 0 atom stereocenters. The number of hydrogen-bond donors (Lipinski definition) is 0. The third-order valence-electron chi connectivity index (χ3n) is 5.62. The Kier molecular flexibility index (Phi) is 8.67. The molecule has 0 unspecified atom stereocenters. The van der Waals surface area contributed by atoms with Gasteiger partial charge in [-0.3, -0.25) is 9.69 Å². The van der Waals surface area contributed by atoms with Crippen molar-refractivity contribution in [2.45, 2.75) is 20.3 Å². The van der Waals surface area contributed by atoms with Crippen LogP contribution in [0.1, 0.15) is 27.9 Å². The van der Waals surface area contributed by atoms with Crippen molar-refractivity contribution in [2.24, 2.45) is 0 Å². The summed E-state index contributed by atoms with van der Waals surface area (Å²) in [6.45, 7) is 5.69. The average molecular weight is 496 g/mol. The fourth-order valence-electron chi connectivity index (χ4n) is 3.60. The maximum Gasteiger partial charge on any atom is 0.260 e. The number of aromatic nitrogens is 1. The summed E-state index contributed by atoms with van der Waals surface area (Å²) in [5, 5.41) is 0.743. The van der Waals surface area contributed by atoms with Crippen LogP contribution in [-0.2, 0) is 0 Å². The van der Waals surface area contributed by atoms with Gasteiger partial charge in [-0.1, -0.05) is 35.6 Å². The molecule has 0 aliphatic rings. The molecule has 0 fully saturated rings. The SMILES string of the molecule is Cc1ccc2sc(N(CCCN(C)C)C(=O)c3ccc(Oc4ccccc4)cc3)nc2c1C.Cl. The summed E-state index contributed by atoms with van der Waals surface area (Å²) < 4.78 is 6.97. The van der Waals surface area contributed by atoms with E-state index in [0.717, 1.165) is 39.6 Å². The highest BCUT2D eigenvalue weighted by molar-refractivity contribution is 7.22. The van der Waals surface area contributed by atoms with Gasteiger partial charge in [0.2, 0.25) is 0 Å². The summed E-state index contributed by atoms with van der Waals surface area (Å²) >= 11 is 1.57. The van der Waals surface area contributed by atoms with E-state index in [1.54, 1.807) is 11.3 Å². The van der Waals surface area contributed by atoms with Gasteiger partial charge in [0.1, 0.15) is 11.5 Å². The smallest absolute Gasteiger partial charge is 0.260 e. The van der Waals surface area contributed by atoms with E-state index in [9.17, 15) is 4.79 Å². The highest BCUT2D eigenvalue weighted by Crippen LogP contribution is 2.33. The zero-order chi connectivity index (χ0) is 23.4. The van der Waals surface area contributed by atoms with Crippen molar-refractivity contribution in [3.8, 4) is 11.5 Å². The Morgan fingerprint density at radius 1 is 0.912 bits per heavy atom. The first-order chi connectivity index (χ1) is 15.9. The Morgan fingerprint density at radius 3 is 2.26 bits per heavy atom. The van der Waals surface area contributed by atoms with Crippen LogP contribution in [0, 0.1) is 13.8 Å². The van der Waals surface area contributed by atoms with Crippen LogP contribution in [0.3, 0.4) is 0 Å². The maximum absolute atomic E-state index is 13.6. The number of ether oxygens (including phenoxy) is 1. The van der Waals surface area contributed by atoms with Gasteiger partial charge in [0, 0.05) is 12.1 Å². The van der Waals surface area contributed by atoms with Gasteiger partial charge in [0.05, 0.1) is 10.2 Å². The molecule has 0 N–H and O–H groups in total. The van der Waals surface area contributed by atoms with Gasteiger partial charge >= 0.3 is 0 Å². The minimum atomic E-state index is -0.0477. The zero-order valence-electron chi connectivity index (χ0n) is 19.9. The van der Waals surface area contributed by atoms with Gasteiger partial charge < -0.3 is 9.64 Å². The fraction of sp³-hybridized carbons (Fsp3) is 0.259. The quantitative estimate of drug-likeness (QED) is 0.272. The number of carbonyl (C=O) groups excluding carboxylic acids is 1. The second-order valence-corrected chi connectivity index (χ2v) is 9.41. The Morgan fingerprint density at radius 2 is 1.59 bits per heavy atom. The summed E-state index contributed by atoms with van der Waals surface area (Å²) in [5.74, 6) is 1.42. The van der Waals surface area contributed by atoms with Crippen molar-refractivity contribution in [1.29, 1.82) is 0 Å². The van der Waals surface area contributed by atoms with Crippen molar-refractivity contribution < 1.29 is 9.53 Å². The summed E-state index contributed by atoms with van der Waals surface area (Å²) in [6.07, 6.45) is 0.863. The number of benzene rings is 3. The van der Waals surface area contributed by atoms with Gasteiger partial charge in [-0.25, -0.2) is 4.98 Å². The van der Waals surface area contributed by atoms with Gasteiger partial charge in [0.15, 0.2) is 5.13 Å². The lowest BCUT2D eigenvalue weighted by Crippen LogP contribution is -2.33. The molecular weight excluding hydrogens is 466 g/mol. The van der Waals surface area contributed by atoms with Gasteiger partial charge in [-0.05, 0) is 94.5 Å². The topological polar surface area (TPSA) is 45.7 Å². The molecule has 0 spiro atoms. The van der Waals surface area contributed by atoms with Crippen molar-refractivity contribution in [3.63, 3.8) is 0 Å². The number of fused-ring (bicyclic) bond motifs is 1. The molecule has 5 nitrogen and oxygen atoms in total. The number of halogens is 1. The third kappa shape index (κ3) is 5.95. The molecule has 34 heavy (non-hydrogen) atoms.